The van der Waals surface area contributed by atoms with E-state index in [1.54, 1.807) is 22.8 Å². The average molecular weight is 393 g/mol. The molecule has 1 unspecified atom stereocenters. The quantitative estimate of drug-likeness (QED) is 0.494. The third-order valence-electron chi connectivity index (χ3n) is 5.52. The number of phenolic OH excluding ortho intramolecular Hbond substituents is 1. The number of cyclic esters (lactones) is 1. The van der Waals surface area contributed by atoms with Crippen molar-refractivity contribution < 1.29 is 19.7 Å². The molecule has 148 valence electrons. The first-order valence-electron chi connectivity index (χ1n) is 9.26. The number of aliphatic hydroxyl groups excluding tert-OH is 1. The molecule has 0 saturated carbocycles. The molecule has 29 heavy (non-hydrogen) atoms. The summed E-state index contributed by atoms with van der Waals surface area (Å²) in [6, 6.07) is 6.98. The molecule has 2 aliphatic heterocycles. The Morgan fingerprint density at radius 3 is 2.83 bits per heavy atom. The lowest BCUT2D eigenvalue weighted by Gasteiger charge is -2.21. The van der Waals surface area contributed by atoms with Gasteiger partial charge in [0.05, 0.1) is 29.0 Å². The van der Waals surface area contributed by atoms with Gasteiger partial charge in [-0.2, -0.15) is 0 Å². The molecular weight excluding hydrogens is 374 g/mol. The second-order valence-corrected chi connectivity index (χ2v) is 7.73. The van der Waals surface area contributed by atoms with E-state index in [4.69, 9.17) is 9.72 Å². The predicted molar refractivity (Wildman–Crippen MR) is 104 cm³/mol. The summed E-state index contributed by atoms with van der Waals surface area (Å²) in [5.41, 5.74) is 3.84. The van der Waals surface area contributed by atoms with Gasteiger partial charge >= 0.3 is 5.97 Å². The number of nitrogens with zero attached hydrogens (tertiary/aromatic N) is 3. The van der Waals surface area contributed by atoms with Crippen molar-refractivity contribution in [2.24, 2.45) is 0 Å². The lowest BCUT2D eigenvalue weighted by Crippen LogP contribution is -2.32. The van der Waals surface area contributed by atoms with Crippen molar-refractivity contribution in [1.29, 1.82) is 0 Å². The van der Waals surface area contributed by atoms with E-state index in [2.05, 4.69) is 0 Å². The summed E-state index contributed by atoms with van der Waals surface area (Å²) in [6.45, 7) is 0.744. The van der Waals surface area contributed by atoms with Crippen LogP contribution in [0.3, 0.4) is 0 Å². The number of fused-ring (bicyclic) bond motifs is 5. The summed E-state index contributed by atoms with van der Waals surface area (Å²) in [5.74, 6) is -0.551. The smallest absolute Gasteiger partial charge is 0.340 e. The second kappa shape index (κ2) is 6.13. The van der Waals surface area contributed by atoms with Gasteiger partial charge in [-0.05, 0) is 38.4 Å². The molecule has 3 aromatic rings. The van der Waals surface area contributed by atoms with Crippen LogP contribution in [0.25, 0.3) is 22.3 Å². The Labute approximate surface area is 165 Å². The molecule has 1 aromatic carbocycles. The fourth-order valence-electron chi connectivity index (χ4n) is 4.13. The van der Waals surface area contributed by atoms with E-state index in [1.165, 1.54) is 0 Å². The highest BCUT2D eigenvalue weighted by atomic mass is 16.5. The van der Waals surface area contributed by atoms with E-state index in [-0.39, 0.29) is 23.5 Å². The third-order valence-corrected chi connectivity index (χ3v) is 5.52. The monoisotopic (exact) mass is 393 g/mol. The normalized spacial score (nSPS) is 17.2. The molecule has 5 rings (SSSR count). The maximum absolute atomic E-state index is 13.0. The molecule has 0 spiro atoms. The van der Waals surface area contributed by atoms with Gasteiger partial charge < -0.3 is 24.4 Å². The highest BCUT2D eigenvalue weighted by molar-refractivity contribution is 5.88. The topological polar surface area (TPSA) is 105 Å². The molecule has 1 atom stereocenters. The van der Waals surface area contributed by atoms with Gasteiger partial charge in [-0.3, -0.25) is 4.79 Å². The third kappa shape index (κ3) is 2.56. The molecule has 0 saturated heterocycles. The summed E-state index contributed by atoms with van der Waals surface area (Å²) in [7, 11) is 3.85. The zero-order valence-electron chi connectivity index (χ0n) is 16.0. The van der Waals surface area contributed by atoms with Gasteiger partial charge in [-0.15, -0.1) is 0 Å². The molecule has 8 nitrogen and oxygen atoms in total. The van der Waals surface area contributed by atoms with Crippen LogP contribution >= 0.6 is 0 Å². The molecule has 2 N–H and O–H groups in total. The summed E-state index contributed by atoms with van der Waals surface area (Å²) in [4.78, 5) is 31.4. The van der Waals surface area contributed by atoms with Crippen molar-refractivity contribution in [2.75, 3.05) is 14.1 Å². The maximum atomic E-state index is 13.0. The molecule has 0 aliphatic carbocycles. The van der Waals surface area contributed by atoms with Crippen LogP contribution in [-0.4, -0.2) is 44.7 Å². The second-order valence-electron chi connectivity index (χ2n) is 7.73. The Balaban J connectivity index is 1.73. The van der Waals surface area contributed by atoms with Crippen LogP contribution < -0.4 is 5.56 Å². The number of ether oxygens (including phenoxy) is 1. The molecule has 8 heteroatoms. The molecule has 4 heterocycles. The average Bonchev–Trinajstić information content (AvgIpc) is 3.04. The van der Waals surface area contributed by atoms with E-state index < -0.39 is 12.1 Å². The molecular formula is C21H19N3O5. The number of pyridine rings is 2. The van der Waals surface area contributed by atoms with Gasteiger partial charge in [0.15, 0.2) is 6.10 Å². The van der Waals surface area contributed by atoms with Crippen LogP contribution in [0.4, 0.5) is 0 Å². The van der Waals surface area contributed by atoms with E-state index >= 15 is 0 Å². The zero-order valence-corrected chi connectivity index (χ0v) is 16.0. The molecule has 2 aliphatic rings. The van der Waals surface area contributed by atoms with Crippen LogP contribution in [-0.2, 0) is 29.2 Å². The Morgan fingerprint density at radius 1 is 1.28 bits per heavy atom. The summed E-state index contributed by atoms with van der Waals surface area (Å²) >= 11 is 0. The van der Waals surface area contributed by atoms with Gasteiger partial charge in [0.2, 0.25) is 0 Å². The minimum Gasteiger partial charge on any atom is -0.508 e. The molecule has 2 aromatic heterocycles. The number of phenols is 1. The van der Waals surface area contributed by atoms with Gasteiger partial charge in [-0.1, -0.05) is 0 Å². The summed E-state index contributed by atoms with van der Waals surface area (Å²) in [6.07, 6.45) is -1.47. The fraction of sp³-hybridized carbons (Fsp3) is 0.286. The van der Waals surface area contributed by atoms with Crippen molar-refractivity contribution >= 4 is 16.9 Å². The van der Waals surface area contributed by atoms with Crippen molar-refractivity contribution in [3.05, 3.63) is 56.9 Å². The van der Waals surface area contributed by atoms with Crippen LogP contribution in [0, 0.1) is 0 Å². The number of aliphatic hydroxyl groups is 1. The van der Waals surface area contributed by atoms with E-state index in [9.17, 15) is 19.8 Å². The number of esters is 1. The van der Waals surface area contributed by atoms with Crippen LogP contribution in [0.1, 0.15) is 28.4 Å². The number of carbonyl (C=O) groups excluding carboxylic acids is 1. The predicted octanol–water partition coefficient (Wildman–Crippen LogP) is 1.28. The first-order valence-corrected chi connectivity index (χ1v) is 9.26. The van der Waals surface area contributed by atoms with E-state index in [0.29, 0.717) is 35.6 Å². The number of carbonyl (C=O) groups is 1. The van der Waals surface area contributed by atoms with Crippen molar-refractivity contribution in [3.63, 3.8) is 0 Å². The lowest BCUT2D eigenvalue weighted by molar-refractivity contribution is -0.157. The summed E-state index contributed by atoms with van der Waals surface area (Å²) < 4.78 is 6.50. The Hall–Kier alpha value is -3.23. The zero-order chi connectivity index (χ0) is 20.4. The van der Waals surface area contributed by atoms with Crippen LogP contribution in [0.15, 0.2) is 29.1 Å². The standard InChI is InChI=1S/C21H19N3O5/c1-23(2)8-13-11-5-10-7-24-16(18(10)22-15(11)3-4-17(13)25)6-12-14(20(24)27)9-29-21(28)19(12)26/h3-6,19,25-26H,7-9H2,1-2H3. The van der Waals surface area contributed by atoms with Crippen molar-refractivity contribution in [2.45, 2.75) is 25.8 Å². The molecule has 0 fully saturated rings. The number of hydrogen-bond donors (Lipinski definition) is 2. The van der Waals surface area contributed by atoms with Gasteiger partial charge in [0.25, 0.3) is 5.56 Å². The highest BCUT2D eigenvalue weighted by Crippen LogP contribution is 2.37. The van der Waals surface area contributed by atoms with E-state index in [1.807, 2.05) is 25.1 Å². The minimum absolute atomic E-state index is 0.142. The Kier molecular flexibility index (Phi) is 3.77. The van der Waals surface area contributed by atoms with E-state index in [0.717, 1.165) is 16.5 Å². The van der Waals surface area contributed by atoms with Crippen molar-refractivity contribution in [3.8, 4) is 17.1 Å². The van der Waals surface area contributed by atoms with Gasteiger partial charge in [0.1, 0.15) is 12.4 Å². The highest BCUT2D eigenvalue weighted by Gasteiger charge is 2.33. The molecule has 0 bridgehead atoms. The maximum Gasteiger partial charge on any atom is 0.340 e. The van der Waals surface area contributed by atoms with Crippen LogP contribution in [0.5, 0.6) is 5.75 Å². The Bertz CT molecular complexity index is 1260. The first-order chi connectivity index (χ1) is 13.8. The number of aromatic nitrogens is 2. The van der Waals surface area contributed by atoms with Crippen LogP contribution in [0.2, 0.25) is 0 Å². The SMILES string of the molecule is CN(C)Cc1c(O)ccc2nc3c(cc12)Cn1c-3cc2c(c1=O)COC(=O)C2O. The minimum atomic E-state index is -1.47. The number of rotatable bonds is 2. The molecule has 0 radical (unpaired) electrons. The summed E-state index contributed by atoms with van der Waals surface area (Å²) in [5, 5.41) is 21.4. The number of hydrogen-bond acceptors (Lipinski definition) is 7. The number of benzene rings is 1. The Morgan fingerprint density at radius 2 is 2.07 bits per heavy atom. The largest absolute Gasteiger partial charge is 0.508 e. The van der Waals surface area contributed by atoms with Gasteiger partial charge in [0, 0.05) is 28.6 Å². The first kappa shape index (κ1) is 17.8. The van der Waals surface area contributed by atoms with Crippen molar-refractivity contribution in [1.82, 2.24) is 14.5 Å². The lowest BCUT2D eigenvalue weighted by atomic mass is 10.00. The van der Waals surface area contributed by atoms with Gasteiger partial charge in [-0.25, -0.2) is 9.78 Å². The molecule has 0 amide bonds. The fourth-order valence-corrected chi connectivity index (χ4v) is 4.13. The number of aromatic hydroxyl groups is 1.